The largest absolute Gasteiger partial charge is 0.491 e. The Labute approximate surface area is 76.0 Å². The van der Waals surface area contributed by atoms with Gasteiger partial charge < -0.3 is 9.57 Å². The average molecular weight is 211 g/mol. The van der Waals surface area contributed by atoms with Gasteiger partial charge in [0.2, 0.25) is 29.0 Å². The van der Waals surface area contributed by atoms with Crippen LogP contribution < -0.4 is 15.5 Å². The van der Waals surface area contributed by atoms with Crippen LogP contribution in [0.15, 0.2) is 0 Å². The molecule has 1 rings (SSSR count). The van der Waals surface area contributed by atoms with Gasteiger partial charge in [0, 0.05) is 0 Å². The molecular formula is C7H5F4NO2. The first-order valence-electron chi connectivity index (χ1n) is 3.31. The van der Waals surface area contributed by atoms with Gasteiger partial charge in [0.25, 0.3) is 0 Å². The Bertz CT molecular complexity index is 305. The van der Waals surface area contributed by atoms with Gasteiger partial charge in [0.1, 0.15) is 0 Å². The molecule has 0 fully saturated rings. The molecule has 0 aliphatic rings. The molecule has 0 aliphatic heterocycles. The van der Waals surface area contributed by atoms with Gasteiger partial charge >= 0.3 is 0 Å². The summed E-state index contributed by atoms with van der Waals surface area (Å²) in [7, 11) is 0.864. The monoisotopic (exact) mass is 211 g/mol. The third kappa shape index (κ3) is 1.35. The maximum Gasteiger partial charge on any atom is 0.224 e. The first-order valence-corrected chi connectivity index (χ1v) is 3.31. The van der Waals surface area contributed by atoms with Crippen LogP contribution in [0.25, 0.3) is 0 Å². The Balaban J connectivity index is 3.55. The first kappa shape index (κ1) is 10.6. The molecule has 0 saturated carbocycles. The minimum absolute atomic E-state index is 0.864. The zero-order chi connectivity index (χ0) is 10.9. The number of hydrogen-bond donors (Lipinski definition) is 1. The Morgan fingerprint density at radius 3 is 1.50 bits per heavy atom. The van der Waals surface area contributed by atoms with Gasteiger partial charge in [-0.2, -0.15) is 23.5 Å². The summed E-state index contributed by atoms with van der Waals surface area (Å²) in [5.41, 5.74) is 0. The molecule has 0 unspecified atom stereocenters. The van der Waals surface area contributed by atoms with E-state index in [1.165, 1.54) is 0 Å². The zero-order valence-corrected chi connectivity index (χ0v) is 6.91. The topological polar surface area (TPSA) is 44.5 Å². The normalized spacial score (nSPS) is 10.1. The average Bonchev–Trinajstić information content (AvgIpc) is 2.17. The second kappa shape index (κ2) is 3.70. The third-order valence-corrected chi connectivity index (χ3v) is 1.50. The van der Waals surface area contributed by atoms with Crippen molar-refractivity contribution in [3.8, 4) is 11.5 Å². The zero-order valence-electron chi connectivity index (χ0n) is 6.91. The van der Waals surface area contributed by atoms with E-state index in [4.69, 9.17) is 0 Å². The van der Waals surface area contributed by atoms with Gasteiger partial charge in [-0.3, -0.25) is 0 Å². The van der Waals surface area contributed by atoms with E-state index in [1.807, 2.05) is 0 Å². The quantitative estimate of drug-likeness (QED) is 0.458. The van der Waals surface area contributed by atoms with Crippen LogP contribution in [0.4, 0.5) is 17.6 Å². The summed E-state index contributed by atoms with van der Waals surface area (Å²) < 4.78 is 55.5. The van der Waals surface area contributed by atoms with Gasteiger partial charge in [0.15, 0.2) is 5.75 Å². The number of benzene rings is 1. The maximum absolute atomic E-state index is 12.8. The molecule has 1 aromatic carbocycles. The van der Waals surface area contributed by atoms with Gasteiger partial charge in [-0.1, -0.05) is 0 Å². The predicted octanol–water partition coefficient (Wildman–Crippen LogP) is 1.50. The highest BCUT2D eigenvalue weighted by Crippen LogP contribution is 2.33. The minimum Gasteiger partial charge on any atom is -0.491 e. The van der Waals surface area contributed by atoms with Crippen LogP contribution in [0, 0.1) is 23.3 Å². The molecule has 2 N–H and O–H groups in total. The lowest BCUT2D eigenvalue weighted by atomic mass is 10.2. The van der Waals surface area contributed by atoms with Gasteiger partial charge in [-0.25, -0.2) is 0 Å². The molecule has 0 amide bonds. The van der Waals surface area contributed by atoms with Crippen molar-refractivity contribution in [2.45, 2.75) is 0 Å². The van der Waals surface area contributed by atoms with Gasteiger partial charge in [0.05, 0.1) is 7.11 Å². The van der Waals surface area contributed by atoms with Gasteiger partial charge in [-0.05, 0) is 0 Å². The van der Waals surface area contributed by atoms with E-state index in [-0.39, 0.29) is 0 Å². The smallest absolute Gasteiger partial charge is 0.224 e. The molecule has 0 radical (unpaired) electrons. The molecule has 0 aromatic heterocycles. The fourth-order valence-corrected chi connectivity index (χ4v) is 0.874. The lowest BCUT2D eigenvalue weighted by Gasteiger charge is -2.08. The van der Waals surface area contributed by atoms with Crippen molar-refractivity contribution in [1.82, 2.24) is 0 Å². The van der Waals surface area contributed by atoms with Crippen LogP contribution in [-0.2, 0) is 0 Å². The second-order valence-electron chi connectivity index (χ2n) is 2.24. The SMILES string of the molecule is COc1c(F)c(F)c(ON)c(F)c1F. The third-order valence-electron chi connectivity index (χ3n) is 1.50. The van der Waals surface area contributed by atoms with Crippen molar-refractivity contribution in [3.05, 3.63) is 23.3 Å². The van der Waals surface area contributed by atoms with E-state index in [1.54, 1.807) is 0 Å². The summed E-state index contributed by atoms with van der Waals surface area (Å²) in [6.07, 6.45) is 0. The number of rotatable bonds is 2. The van der Waals surface area contributed by atoms with Crippen molar-refractivity contribution >= 4 is 0 Å². The molecule has 0 aliphatic carbocycles. The van der Waals surface area contributed by atoms with Gasteiger partial charge in [-0.15, -0.1) is 0 Å². The van der Waals surface area contributed by atoms with Crippen molar-refractivity contribution in [3.63, 3.8) is 0 Å². The van der Waals surface area contributed by atoms with E-state index in [0.29, 0.717) is 0 Å². The molecule has 0 saturated heterocycles. The van der Waals surface area contributed by atoms with Crippen molar-refractivity contribution in [1.29, 1.82) is 0 Å². The number of halogens is 4. The molecule has 1 aromatic rings. The molecule has 0 atom stereocenters. The van der Waals surface area contributed by atoms with Crippen LogP contribution in [0.3, 0.4) is 0 Å². The van der Waals surface area contributed by atoms with Crippen LogP contribution >= 0.6 is 0 Å². The summed E-state index contributed by atoms with van der Waals surface area (Å²) >= 11 is 0. The molecule has 7 heteroatoms. The van der Waals surface area contributed by atoms with Crippen LogP contribution in [-0.4, -0.2) is 7.11 Å². The first-order chi connectivity index (χ1) is 6.54. The number of nitrogens with two attached hydrogens (primary N) is 1. The lowest BCUT2D eigenvalue weighted by Crippen LogP contribution is -2.10. The van der Waals surface area contributed by atoms with Crippen molar-refractivity contribution in [2.75, 3.05) is 7.11 Å². The van der Waals surface area contributed by atoms with Crippen LogP contribution in [0.5, 0.6) is 11.5 Å². The van der Waals surface area contributed by atoms with Crippen LogP contribution in [0.1, 0.15) is 0 Å². The number of methoxy groups -OCH3 is 1. The highest BCUT2D eigenvalue weighted by Gasteiger charge is 2.27. The predicted molar refractivity (Wildman–Crippen MR) is 37.6 cm³/mol. The Morgan fingerprint density at radius 1 is 0.857 bits per heavy atom. The van der Waals surface area contributed by atoms with Crippen molar-refractivity contribution < 1.29 is 27.1 Å². The summed E-state index contributed by atoms with van der Waals surface area (Å²) in [4.78, 5) is 3.65. The summed E-state index contributed by atoms with van der Waals surface area (Å²) in [5.74, 6) is -4.97. The van der Waals surface area contributed by atoms with E-state index >= 15 is 0 Å². The molecule has 0 bridgehead atoms. The molecule has 0 spiro atoms. The van der Waals surface area contributed by atoms with E-state index < -0.39 is 34.8 Å². The molecular weight excluding hydrogens is 206 g/mol. The highest BCUT2D eigenvalue weighted by atomic mass is 19.2. The fraction of sp³-hybridized carbons (Fsp3) is 0.143. The Morgan fingerprint density at radius 2 is 1.21 bits per heavy atom. The molecule has 78 valence electrons. The number of ether oxygens (including phenoxy) is 1. The van der Waals surface area contributed by atoms with E-state index in [2.05, 4.69) is 15.5 Å². The molecule has 3 nitrogen and oxygen atoms in total. The highest BCUT2D eigenvalue weighted by molar-refractivity contribution is 5.38. The summed E-state index contributed by atoms with van der Waals surface area (Å²) in [6.45, 7) is 0. The Hall–Kier alpha value is -1.50. The number of hydrogen-bond acceptors (Lipinski definition) is 3. The maximum atomic E-state index is 12.8. The Kier molecular flexibility index (Phi) is 2.80. The fourth-order valence-electron chi connectivity index (χ4n) is 0.874. The molecule has 14 heavy (non-hydrogen) atoms. The lowest BCUT2D eigenvalue weighted by molar-refractivity contribution is 0.266. The van der Waals surface area contributed by atoms with Crippen molar-refractivity contribution in [2.24, 2.45) is 5.90 Å². The second-order valence-corrected chi connectivity index (χ2v) is 2.24. The summed E-state index contributed by atoms with van der Waals surface area (Å²) in [6, 6.07) is 0. The van der Waals surface area contributed by atoms with E-state index in [0.717, 1.165) is 7.11 Å². The van der Waals surface area contributed by atoms with Crippen LogP contribution in [0.2, 0.25) is 0 Å². The van der Waals surface area contributed by atoms with E-state index in [9.17, 15) is 17.6 Å². The molecule has 0 heterocycles. The standard InChI is InChI=1S/C7H5F4NO2/c1-13-6-2(8)4(10)7(14-12)5(11)3(6)9/h12H2,1H3. The summed E-state index contributed by atoms with van der Waals surface area (Å²) in [5, 5.41) is 0. The minimum atomic E-state index is -1.75.